The summed E-state index contributed by atoms with van der Waals surface area (Å²) in [7, 11) is 0. The fourth-order valence-electron chi connectivity index (χ4n) is 3.84. The number of para-hydroxylation sites is 1. The molecule has 1 aromatic heterocycles. The van der Waals surface area contributed by atoms with E-state index in [1.807, 2.05) is 77.4 Å². The van der Waals surface area contributed by atoms with Gasteiger partial charge in [0.15, 0.2) is 5.70 Å². The highest BCUT2D eigenvalue weighted by Gasteiger charge is 2.27. The van der Waals surface area contributed by atoms with E-state index in [0.717, 1.165) is 33.3 Å². The van der Waals surface area contributed by atoms with Crippen LogP contribution in [0.25, 0.3) is 39.0 Å². The third-order valence-corrected chi connectivity index (χ3v) is 5.02. The van der Waals surface area contributed by atoms with Crippen molar-refractivity contribution >= 4 is 22.6 Å². The van der Waals surface area contributed by atoms with E-state index in [9.17, 15) is 9.90 Å². The van der Waals surface area contributed by atoms with Gasteiger partial charge in [0.2, 0.25) is 0 Å². The number of hydrogen-bond acceptors (Lipinski definition) is 3. The summed E-state index contributed by atoms with van der Waals surface area (Å²) in [6.45, 7) is 3.49. The number of rotatable bonds is 5. The first-order chi connectivity index (χ1) is 14.6. The average molecular weight is 397 g/mol. The Bertz CT molecular complexity index is 1220. The lowest BCUT2D eigenvalue weighted by Gasteiger charge is -2.16. The van der Waals surface area contributed by atoms with Crippen molar-refractivity contribution in [3.63, 3.8) is 0 Å². The molecule has 0 saturated heterocycles. The van der Waals surface area contributed by atoms with Gasteiger partial charge in [0.25, 0.3) is 0 Å². The van der Waals surface area contributed by atoms with Crippen LogP contribution in [0.4, 0.5) is 0 Å². The minimum Gasteiger partial charge on any atom is -0.510 e. The zero-order valence-corrected chi connectivity index (χ0v) is 17.0. The lowest BCUT2D eigenvalue weighted by atomic mass is 9.98. The van der Waals surface area contributed by atoms with E-state index < -0.39 is 5.97 Å². The molecule has 0 amide bonds. The van der Waals surface area contributed by atoms with Crippen molar-refractivity contribution in [1.29, 1.82) is 0 Å². The summed E-state index contributed by atoms with van der Waals surface area (Å²) in [5, 5.41) is 11.5. The number of hydrogen-bond donors (Lipinski definition) is 1. The highest BCUT2D eigenvalue weighted by atomic mass is 16.5. The highest BCUT2D eigenvalue weighted by molar-refractivity contribution is 6.17. The number of fused-ring (bicyclic) bond motifs is 1. The second kappa shape index (κ2) is 8.29. The van der Waals surface area contributed by atoms with Gasteiger partial charge in [-0.05, 0) is 31.0 Å². The molecule has 0 aliphatic heterocycles. The molecule has 1 N–H and O–H groups in total. The Balaban J connectivity index is 2.18. The highest BCUT2D eigenvalue weighted by Crippen LogP contribution is 2.42. The van der Waals surface area contributed by atoms with Crippen LogP contribution >= 0.6 is 0 Å². The zero-order chi connectivity index (χ0) is 21.1. The van der Waals surface area contributed by atoms with Crippen molar-refractivity contribution in [3.05, 3.63) is 90.7 Å². The molecule has 0 radical (unpaired) electrons. The maximum atomic E-state index is 12.9. The first kappa shape index (κ1) is 19.5. The number of carbonyl (C=O) groups is 1. The standard InChI is InChI=1S/C26H23NO3/c1-3-30-26(29)24(18(2)28)27-22-17-11-10-16-21(22)23(19-12-6-4-7-13-19)25(27)20-14-8-5-9-15-20/h4-17,28H,3H2,1-2H3/b24-18+. The number of ether oxygens (including phenoxy) is 1. The topological polar surface area (TPSA) is 51.5 Å². The number of esters is 1. The molecule has 0 spiro atoms. The summed E-state index contributed by atoms with van der Waals surface area (Å²) in [5.74, 6) is -0.652. The molecule has 4 nitrogen and oxygen atoms in total. The molecule has 150 valence electrons. The Morgan fingerprint density at radius 1 is 0.867 bits per heavy atom. The predicted octanol–water partition coefficient (Wildman–Crippen LogP) is 6.28. The van der Waals surface area contributed by atoms with Crippen molar-refractivity contribution < 1.29 is 14.6 Å². The minimum atomic E-state index is -0.560. The van der Waals surface area contributed by atoms with Crippen LogP contribution in [-0.2, 0) is 9.53 Å². The van der Waals surface area contributed by atoms with E-state index in [1.165, 1.54) is 6.92 Å². The number of benzene rings is 3. The van der Waals surface area contributed by atoms with Gasteiger partial charge in [0.05, 0.1) is 17.8 Å². The summed E-state index contributed by atoms with van der Waals surface area (Å²) in [6, 6.07) is 27.9. The molecule has 4 aromatic rings. The smallest absolute Gasteiger partial charge is 0.358 e. The van der Waals surface area contributed by atoms with Gasteiger partial charge in [-0.3, -0.25) is 4.57 Å². The lowest BCUT2D eigenvalue weighted by Crippen LogP contribution is -2.15. The molecule has 30 heavy (non-hydrogen) atoms. The number of aliphatic hydroxyl groups excluding tert-OH is 1. The number of aliphatic hydroxyl groups is 1. The summed E-state index contributed by atoms with van der Waals surface area (Å²) in [5.41, 5.74) is 4.75. The molecular formula is C26H23NO3. The van der Waals surface area contributed by atoms with E-state index in [2.05, 4.69) is 12.1 Å². The second-order valence-corrected chi connectivity index (χ2v) is 6.96. The molecule has 4 rings (SSSR count). The zero-order valence-electron chi connectivity index (χ0n) is 17.0. The Hall–Kier alpha value is -3.79. The lowest BCUT2D eigenvalue weighted by molar-refractivity contribution is -0.136. The van der Waals surface area contributed by atoms with Crippen molar-refractivity contribution in [2.75, 3.05) is 6.61 Å². The fourth-order valence-corrected chi connectivity index (χ4v) is 3.84. The van der Waals surface area contributed by atoms with Crippen LogP contribution in [0.2, 0.25) is 0 Å². The van der Waals surface area contributed by atoms with Gasteiger partial charge in [-0.15, -0.1) is 0 Å². The molecule has 3 aromatic carbocycles. The van der Waals surface area contributed by atoms with Crippen molar-refractivity contribution in [1.82, 2.24) is 4.57 Å². The monoisotopic (exact) mass is 397 g/mol. The van der Waals surface area contributed by atoms with Crippen molar-refractivity contribution in [3.8, 4) is 22.4 Å². The summed E-state index contributed by atoms with van der Waals surface area (Å²) >= 11 is 0. The van der Waals surface area contributed by atoms with E-state index in [-0.39, 0.29) is 18.1 Å². The molecule has 4 heteroatoms. The van der Waals surface area contributed by atoms with E-state index >= 15 is 0 Å². The molecule has 0 aliphatic carbocycles. The molecule has 0 bridgehead atoms. The fraction of sp³-hybridized carbons (Fsp3) is 0.115. The number of carbonyl (C=O) groups excluding carboxylic acids is 1. The third kappa shape index (κ3) is 3.37. The van der Waals surface area contributed by atoms with E-state index in [1.54, 1.807) is 6.92 Å². The van der Waals surface area contributed by atoms with Crippen LogP contribution < -0.4 is 0 Å². The van der Waals surface area contributed by atoms with Crippen LogP contribution in [0.1, 0.15) is 13.8 Å². The first-order valence-electron chi connectivity index (χ1n) is 9.95. The summed E-state index contributed by atoms with van der Waals surface area (Å²) < 4.78 is 7.12. The van der Waals surface area contributed by atoms with Crippen molar-refractivity contribution in [2.24, 2.45) is 0 Å². The van der Waals surface area contributed by atoms with Gasteiger partial charge in [-0.25, -0.2) is 4.79 Å². The molecule has 0 atom stereocenters. The molecule has 0 unspecified atom stereocenters. The first-order valence-corrected chi connectivity index (χ1v) is 9.95. The maximum Gasteiger partial charge on any atom is 0.358 e. The van der Waals surface area contributed by atoms with Crippen LogP contribution in [-0.4, -0.2) is 22.2 Å². The van der Waals surface area contributed by atoms with Gasteiger partial charge in [0, 0.05) is 10.9 Å². The molecule has 0 aliphatic rings. The Kier molecular flexibility index (Phi) is 5.40. The van der Waals surface area contributed by atoms with Gasteiger partial charge < -0.3 is 9.84 Å². The Morgan fingerprint density at radius 3 is 2.03 bits per heavy atom. The molecule has 0 fully saturated rings. The van der Waals surface area contributed by atoms with Gasteiger partial charge in [0.1, 0.15) is 5.76 Å². The summed E-state index contributed by atoms with van der Waals surface area (Å²) in [6.07, 6.45) is 0. The number of nitrogens with zero attached hydrogens (tertiary/aromatic N) is 1. The molecule has 1 heterocycles. The largest absolute Gasteiger partial charge is 0.510 e. The third-order valence-electron chi connectivity index (χ3n) is 5.02. The van der Waals surface area contributed by atoms with E-state index in [0.29, 0.717) is 0 Å². The van der Waals surface area contributed by atoms with Gasteiger partial charge >= 0.3 is 5.97 Å². The van der Waals surface area contributed by atoms with Crippen molar-refractivity contribution in [2.45, 2.75) is 13.8 Å². The molecule has 0 saturated carbocycles. The molecular weight excluding hydrogens is 374 g/mol. The maximum absolute atomic E-state index is 12.9. The normalized spacial score (nSPS) is 11.9. The van der Waals surface area contributed by atoms with Gasteiger partial charge in [-0.2, -0.15) is 0 Å². The number of allylic oxidation sites excluding steroid dienone is 1. The quantitative estimate of drug-likeness (QED) is 0.245. The number of aromatic nitrogens is 1. The minimum absolute atomic E-state index is 0.0917. The Morgan fingerprint density at radius 2 is 1.43 bits per heavy atom. The predicted molar refractivity (Wildman–Crippen MR) is 121 cm³/mol. The van der Waals surface area contributed by atoms with Crippen LogP contribution in [0.5, 0.6) is 0 Å². The average Bonchev–Trinajstić information content (AvgIpc) is 3.10. The van der Waals surface area contributed by atoms with E-state index in [4.69, 9.17) is 4.74 Å². The van der Waals surface area contributed by atoms with Crippen LogP contribution in [0.3, 0.4) is 0 Å². The second-order valence-electron chi connectivity index (χ2n) is 6.96. The SMILES string of the molecule is CCOC(=O)/C(=C(/C)O)n1c(-c2ccccc2)c(-c2ccccc2)c2ccccc21. The van der Waals surface area contributed by atoms with Crippen LogP contribution in [0.15, 0.2) is 90.7 Å². The van der Waals surface area contributed by atoms with Crippen LogP contribution in [0, 0.1) is 0 Å². The summed E-state index contributed by atoms with van der Waals surface area (Å²) in [4.78, 5) is 12.9. The van der Waals surface area contributed by atoms with Gasteiger partial charge in [-0.1, -0.05) is 78.9 Å². The Labute approximate surface area is 175 Å².